The molecule has 6 aromatic carbocycles. The third-order valence-electron chi connectivity index (χ3n) is 9.80. The van der Waals surface area contributed by atoms with E-state index in [0.29, 0.717) is 11.7 Å². The van der Waals surface area contributed by atoms with E-state index in [0.717, 1.165) is 71.7 Å². The van der Waals surface area contributed by atoms with E-state index in [2.05, 4.69) is 124 Å². The first kappa shape index (κ1) is 26.3. The molecule has 11 rings (SSSR count). The SMILES string of the molecule is c1ccc(-n2c3ccccc3c3c4c5ccccc5n(-c5nc(-c6ccc7ccccc7c6)c6c(n5)oc5ccccc56)c4ccc32)nc1. The Morgan fingerprint density at radius 1 is 0.469 bits per heavy atom. The molecule has 0 N–H and O–H groups in total. The summed E-state index contributed by atoms with van der Waals surface area (Å²) in [5, 5.41) is 8.88. The van der Waals surface area contributed by atoms with Crippen LogP contribution in [0.3, 0.4) is 0 Å². The van der Waals surface area contributed by atoms with Gasteiger partial charge in [0, 0.05) is 38.7 Å². The molecule has 6 nitrogen and oxygen atoms in total. The summed E-state index contributed by atoms with van der Waals surface area (Å²) < 4.78 is 10.9. The number of benzene rings is 6. The molecule has 11 aromatic rings. The maximum absolute atomic E-state index is 6.47. The number of rotatable bonds is 3. The standard InChI is InChI=1S/C43H25N5O/c1-2-12-27-25-28(21-20-26(27)11-1)41-40-31-15-5-8-18-36(31)49-42(40)46-43(45-41)48-33-17-7-4-14-30(33)39-35(48)23-22-34-38(39)29-13-3-6-16-32(29)47(34)37-19-9-10-24-44-37/h1-25H. The lowest BCUT2D eigenvalue weighted by Gasteiger charge is -2.10. The highest BCUT2D eigenvalue weighted by atomic mass is 16.3. The Hall–Kier alpha value is -6.79. The van der Waals surface area contributed by atoms with Crippen molar-refractivity contribution in [3.8, 4) is 23.0 Å². The van der Waals surface area contributed by atoms with E-state index in [4.69, 9.17) is 19.4 Å². The third kappa shape index (κ3) is 3.68. The van der Waals surface area contributed by atoms with E-state index in [1.54, 1.807) is 0 Å². The van der Waals surface area contributed by atoms with Crippen molar-refractivity contribution in [1.82, 2.24) is 24.1 Å². The largest absolute Gasteiger partial charge is 0.437 e. The predicted octanol–water partition coefficient (Wildman–Crippen LogP) is 10.8. The van der Waals surface area contributed by atoms with Crippen LogP contribution in [0.4, 0.5) is 0 Å². The van der Waals surface area contributed by atoms with Crippen molar-refractivity contribution in [2.24, 2.45) is 0 Å². The minimum Gasteiger partial charge on any atom is -0.437 e. The summed E-state index contributed by atoms with van der Waals surface area (Å²) in [6.07, 6.45) is 1.85. The van der Waals surface area contributed by atoms with Gasteiger partial charge in [0.05, 0.1) is 33.1 Å². The number of aromatic nitrogens is 5. The second kappa shape index (κ2) is 9.86. The molecule has 5 heterocycles. The molecule has 5 aromatic heterocycles. The molecule has 0 atom stereocenters. The minimum atomic E-state index is 0.563. The Morgan fingerprint density at radius 3 is 1.90 bits per heavy atom. The van der Waals surface area contributed by atoms with Crippen LogP contribution in [0.15, 0.2) is 156 Å². The van der Waals surface area contributed by atoms with Gasteiger partial charge in [-0.25, -0.2) is 9.97 Å². The molecule has 0 saturated carbocycles. The van der Waals surface area contributed by atoms with Crippen molar-refractivity contribution in [2.45, 2.75) is 0 Å². The first-order valence-corrected chi connectivity index (χ1v) is 16.4. The van der Waals surface area contributed by atoms with E-state index in [1.165, 1.54) is 16.2 Å². The summed E-state index contributed by atoms with van der Waals surface area (Å²) in [6, 6.07) is 50.6. The minimum absolute atomic E-state index is 0.563. The lowest BCUT2D eigenvalue weighted by Crippen LogP contribution is -2.03. The maximum atomic E-state index is 6.47. The Balaban J connectivity index is 1.27. The summed E-state index contributed by atoms with van der Waals surface area (Å²) in [6.45, 7) is 0. The van der Waals surface area contributed by atoms with Crippen LogP contribution in [0, 0.1) is 0 Å². The van der Waals surface area contributed by atoms with E-state index in [1.807, 2.05) is 36.5 Å². The van der Waals surface area contributed by atoms with E-state index in [9.17, 15) is 0 Å². The zero-order valence-corrected chi connectivity index (χ0v) is 26.1. The number of nitrogens with zero attached hydrogens (tertiary/aromatic N) is 5. The molecule has 0 amide bonds. The van der Waals surface area contributed by atoms with E-state index >= 15 is 0 Å². The summed E-state index contributed by atoms with van der Waals surface area (Å²) >= 11 is 0. The van der Waals surface area contributed by atoms with Gasteiger partial charge in [0.15, 0.2) is 0 Å². The molecule has 0 saturated heterocycles. The van der Waals surface area contributed by atoms with Gasteiger partial charge in [0.2, 0.25) is 11.7 Å². The van der Waals surface area contributed by atoms with E-state index in [-0.39, 0.29) is 0 Å². The number of para-hydroxylation sites is 3. The molecule has 0 aliphatic heterocycles. The average Bonchev–Trinajstić information content (AvgIpc) is 3.82. The molecular formula is C43H25N5O. The van der Waals surface area contributed by atoms with Gasteiger partial charge in [0.25, 0.3) is 0 Å². The van der Waals surface area contributed by atoms with Crippen LogP contribution in [-0.2, 0) is 0 Å². The molecule has 0 fully saturated rings. The number of hydrogen-bond donors (Lipinski definition) is 0. The Labute approximate surface area is 279 Å². The quantitative estimate of drug-likeness (QED) is 0.196. The van der Waals surface area contributed by atoms with Crippen LogP contribution in [0.2, 0.25) is 0 Å². The predicted molar refractivity (Wildman–Crippen MR) is 199 cm³/mol. The fraction of sp³-hybridized carbons (Fsp3) is 0. The highest BCUT2D eigenvalue weighted by molar-refractivity contribution is 6.28. The summed E-state index contributed by atoms with van der Waals surface area (Å²) in [5.74, 6) is 1.45. The van der Waals surface area contributed by atoms with Crippen LogP contribution in [0.25, 0.3) is 99.5 Å². The van der Waals surface area contributed by atoms with Crippen molar-refractivity contribution >= 4 is 76.5 Å². The molecular weight excluding hydrogens is 603 g/mol. The molecule has 0 unspecified atom stereocenters. The van der Waals surface area contributed by atoms with Crippen LogP contribution in [0.5, 0.6) is 0 Å². The summed E-state index contributed by atoms with van der Waals surface area (Å²) in [5.41, 5.74) is 7.47. The zero-order valence-electron chi connectivity index (χ0n) is 26.1. The average molecular weight is 628 g/mol. The van der Waals surface area contributed by atoms with Gasteiger partial charge in [0.1, 0.15) is 11.4 Å². The number of fused-ring (bicyclic) bond motifs is 11. The second-order valence-corrected chi connectivity index (χ2v) is 12.5. The summed E-state index contributed by atoms with van der Waals surface area (Å²) in [4.78, 5) is 15.3. The number of hydrogen-bond acceptors (Lipinski definition) is 4. The Kier molecular flexibility index (Phi) is 5.29. The van der Waals surface area contributed by atoms with Crippen molar-refractivity contribution in [1.29, 1.82) is 0 Å². The highest BCUT2D eigenvalue weighted by Gasteiger charge is 2.24. The van der Waals surface area contributed by atoms with Gasteiger partial charge in [-0.15, -0.1) is 0 Å². The second-order valence-electron chi connectivity index (χ2n) is 12.5. The van der Waals surface area contributed by atoms with Crippen LogP contribution in [-0.4, -0.2) is 24.1 Å². The molecule has 49 heavy (non-hydrogen) atoms. The molecule has 6 heteroatoms. The topological polar surface area (TPSA) is 61.7 Å². The van der Waals surface area contributed by atoms with E-state index < -0.39 is 0 Å². The maximum Gasteiger partial charge on any atom is 0.238 e. The van der Waals surface area contributed by atoms with Crippen molar-refractivity contribution in [2.75, 3.05) is 0 Å². The highest BCUT2D eigenvalue weighted by Crippen LogP contribution is 2.43. The number of pyridine rings is 1. The van der Waals surface area contributed by atoms with Crippen LogP contribution < -0.4 is 0 Å². The molecule has 0 aliphatic carbocycles. The fourth-order valence-electron chi connectivity index (χ4n) is 7.72. The van der Waals surface area contributed by atoms with Gasteiger partial charge in [-0.1, -0.05) is 97.1 Å². The zero-order chi connectivity index (χ0) is 32.1. The van der Waals surface area contributed by atoms with Gasteiger partial charge in [-0.2, -0.15) is 4.98 Å². The third-order valence-corrected chi connectivity index (χ3v) is 9.80. The Morgan fingerprint density at radius 2 is 1.12 bits per heavy atom. The number of furan rings is 1. The molecule has 228 valence electrons. The molecule has 0 bridgehead atoms. The van der Waals surface area contributed by atoms with Gasteiger partial charge >= 0.3 is 0 Å². The fourth-order valence-corrected chi connectivity index (χ4v) is 7.72. The first-order valence-electron chi connectivity index (χ1n) is 16.4. The van der Waals surface area contributed by atoms with Gasteiger partial charge < -0.3 is 4.42 Å². The lowest BCUT2D eigenvalue weighted by atomic mass is 10.0. The van der Waals surface area contributed by atoms with Crippen molar-refractivity contribution in [3.05, 3.63) is 152 Å². The monoisotopic (exact) mass is 627 g/mol. The van der Waals surface area contributed by atoms with Crippen molar-refractivity contribution in [3.63, 3.8) is 0 Å². The van der Waals surface area contributed by atoms with Crippen LogP contribution >= 0.6 is 0 Å². The molecule has 0 aliphatic rings. The van der Waals surface area contributed by atoms with Crippen LogP contribution in [0.1, 0.15) is 0 Å². The normalized spacial score (nSPS) is 12.1. The Bertz CT molecular complexity index is 3110. The molecule has 0 radical (unpaired) electrons. The first-order chi connectivity index (χ1) is 24.3. The summed E-state index contributed by atoms with van der Waals surface area (Å²) in [7, 11) is 0. The van der Waals surface area contributed by atoms with Gasteiger partial charge in [-0.05, 0) is 59.3 Å². The smallest absolute Gasteiger partial charge is 0.238 e. The lowest BCUT2D eigenvalue weighted by molar-refractivity contribution is 0.651. The molecule has 0 spiro atoms. The van der Waals surface area contributed by atoms with Crippen molar-refractivity contribution < 1.29 is 4.42 Å². The van der Waals surface area contributed by atoms with Gasteiger partial charge in [-0.3, -0.25) is 9.13 Å².